The Balaban J connectivity index is 1.44. The van der Waals surface area contributed by atoms with Crippen LogP contribution in [0.5, 0.6) is 0 Å². The summed E-state index contributed by atoms with van der Waals surface area (Å²) >= 11 is 0. The molecule has 1 amide bonds. The van der Waals surface area contributed by atoms with Gasteiger partial charge in [-0.15, -0.1) is 0 Å². The average molecular weight is 328 g/mol. The Hall–Kier alpha value is -2.60. The monoisotopic (exact) mass is 328 g/mol. The zero-order chi connectivity index (χ0) is 16.9. The molecule has 0 bridgehead atoms. The van der Waals surface area contributed by atoms with Crippen molar-refractivity contribution in [2.24, 2.45) is 0 Å². The van der Waals surface area contributed by atoms with Crippen molar-refractivity contribution in [3.05, 3.63) is 59.5 Å². The van der Waals surface area contributed by atoms with E-state index in [0.717, 1.165) is 19.5 Å². The van der Waals surface area contributed by atoms with Crippen LogP contribution in [-0.2, 0) is 11.3 Å². The number of carbonyl (C=O) groups is 2. The molecule has 1 aliphatic rings. The highest BCUT2D eigenvalue weighted by Crippen LogP contribution is 2.26. The Morgan fingerprint density at radius 3 is 2.71 bits per heavy atom. The molecule has 2 N–H and O–H groups in total. The number of hydrogen-bond donors (Lipinski definition) is 2. The molecule has 1 saturated heterocycles. The van der Waals surface area contributed by atoms with Crippen molar-refractivity contribution < 1.29 is 19.1 Å². The highest BCUT2D eigenvalue weighted by Gasteiger charge is 2.25. The molecule has 126 valence electrons. The summed E-state index contributed by atoms with van der Waals surface area (Å²) in [5.74, 6) is -0.412. The molecule has 6 heteroatoms. The van der Waals surface area contributed by atoms with Gasteiger partial charge in [0.05, 0.1) is 13.1 Å². The van der Waals surface area contributed by atoms with Crippen molar-refractivity contribution in [1.82, 2.24) is 10.2 Å². The van der Waals surface area contributed by atoms with Crippen LogP contribution in [0.3, 0.4) is 0 Å². The van der Waals surface area contributed by atoms with Crippen LogP contribution < -0.4 is 5.32 Å². The van der Waals surface area contributed by atoms with Gasteiger partial charge in [0, 0.05) is 6.54 Å². The molecule has 3 rings (SSSR count). The fourth-order valence-corrected chi connectivity index (χ4v) is 3.01. The van der Waals surface area contributed by atoms with E-state index in [4.69, 9.17) is 9.52 Å². The van der Waals surface area contributed by atoms with Gasteiger partial charge >= 0.3 is 5.97 Å². The summed E-state index contributed by atoms with van der Waals surface area (Å²) in [5.41, 5.74) is 1.32. The third-order valence-corrected chi connectivity index (χ3v) is 4.24. The van der Waals surface area contributed by atoms with Gasteiger partial charge in [0.1, 0.15) is 5.76 Å². The second-order valence-corrected chi connectivity index (χ2v) is 5.98. The van der Waals surface area contributed by atoms with Crippen LogP contribution in [0, 0.1) is 0 Å². The minimum Gasteiger partial charge on any atom is -0.475 e. The van der Waals surface area contributed by atoms with Crippen molar-refractivity contribution >= 4 is 11.9 Å². The second kappa shape index (κ2) is 7.31. The van der Waals surface area contributed by atoms with Crippen LogP contribution in [0.1, 0.15) is 34.2 Å². The number of carbonyl (C=O) groups excluding carboxylic acids is 1. The van der Waals surface area contributed by atoms with E-state index in [1.165, 1.54) is 11.6 Å². The molecular weight excluding hydrogens is 308 g/mol. The molecule has 1 aliphatic heterocycles. The smallest absolute Gasteiger partial charge is 0.371 e. The van der Waals surface area contributed by atoms with Gasteiger partial charge < -0.3 is 14.8 Å². The Labute approximate surface area is 140 Å². The highest BCUT2D eigenvalue weighted by molar-refractivity contribution is 5.84. The number of benzene rings is 1. The molecule has 1 atom stereocenters. The highest BCUT2D eigenvalue weighted by atomic mass is 16.4. The minimum atomic E-state index is -1.11. The molecule has 0 unspecified atom stereocenters. The number of carboxylic acid groups (broad SMARTS) is 1. The molecule has 0 radical (unpaired) electrons. The standard InChI is InChI=1S/C18H20N2O4/c21-17(19-10-15-6-7-16(24-15)18(22)23)12-20-9-8-14(11-20)13-4-2-1-3-5-13/h1-7,14H,8-12H2,(H,19,21)(H,22,23)/t14-/m1/s1. The lowest BCUT2D eigenvalue weighted by Crippen LogP contribution is -2.35. The van der Waals surface area contributed by atoms with Gasteiger partial charge in [-0.05, 0) is 36.6 Å². The van der Waals surface area contributed by atoms with E-state index < -0.39 is 5.97 Å². The topological polar surface area (TPSA) is 82.8 Å². The van der Waals surface area contributed by atoms with Gasteiger partial charge in [0.25, 0.3) is 0 Å². The van der Waals surface area contributed by atoms with E-state index in [1.807, 2.05) is 18.2 Å². The first-order chi connectivity index (χ1) is 11.6. The van der Waals surface area contributed by atoms with E-state index in [2.05, 4.69) is 22.3 Å². The van der Waals surface area contributed by atoms with E-state index in [0.29, 0.717) is 18.2 Å². The number of nitrogens with zero attached hydrogens (tertiary/aromatic N) is 1. The molecular formula is C18H20N2O4. The molecule has 1 fully saturated rings. The van der Waals surface area contributed by atoms with Crippen molar-refractivity contribution in [1.29, 1.82) is 0 Å². The third kappa shape index (κ3) is 4.02. The quantitative estimate of drug-likeness (QED) is 0.848. The Morgan fingerprint density at radius 2 is 2.00 bits per heavy atom. The Kier molecular flexibility index (Phi) is 4.96. The zero-order valence-corrected chi connectivity index (χ0v) is 13.3. The number of amides is 1. The summed E-state index contributed by atoms with van der Waals surface area (Å²) in [7, 11) is 0. The predicted molar refractivity (Wildman–Crippen MR) is 87.8 cm³/mol. The molecule has 24 heavy (non-hydrogen) atoms. The van der Waals surface area contributed by atoms with Crippen molar-refractivity contribution in [3.63, 3.8) is 0 Å². The van der Waals surface area contributed by atoms with Gasteiger partial charge in [-0.1, -0.05) is 30.3 Å². The van der Waals surface area contributed by atoms with Gasteiger partial charge in [-0.25, -0.2) is 4.79 Å². The third-order valence-electron chi connectivity index (χ3n) is 4.24. The number of aromatic carboxylic acids is 1. The van der Waals surface area contributed by atoms with Crippen LogP contribution >= 0.6 is 0 Å². The van der Waals surface area contributed by atoms with Gasteiger partial charge in [-0.2, -0.15) is 0 Å². The fourth-order valence-electron chi connectivity index (χ4n) is 3.01. The van der Waals surface area contributed by atoms with Crippen LogP contribution in [-0.4, -0.2) is 41.5 Å². The predicted octanol–water partition coefficient (Wildman–Crippen LogP) is 2.08. The van der Waals surface area contributed by atoms with E-state index in [-0.39, 0.29) is 18.2 Å². The largest absolute Gasteiger partial charge is 0.475 e. The van der Waals surface area contributed by atoms with Crippen molar-refractivity contribution in [3.8, 4) is 0 Å². The molecule has 0 saturated carbocycles. The summed E-state index contributed by atoms with van der Waals surface area (Å²) in [5, 5.41) is 11.6. The number of likely N-dealkylation sites (tertiary alicyclic amines) is 1. The summed E-state index contributed by atoms with van der Waals surface area (Å²) < 4.78 is 5.11. The van der Waals surface area contributed by atoms with Crippen LogP contribution in [0.2, 0.25) is 0 Å². The molecule has 2 heterocycles. The number of rotatable bonds is 6. The van der Waals surface area contributed by atoms with Gasteiger partial charge in [0.2, 0.25) is 11.7 Å². The molecule has 2 aromatic rings. The van der Waals surface area contributed by atoms with E-state index >= 15 is 0 Å². The lowest BCUT2D eigenvalue weighted by atomic mass is 9.99. The summed E-state index contributed by atoms with van der Waals surface area (Å²) in [6.07, 6.45) is 1.05. The molecule has 0 aliphatic carbocycles. The maximum absolute atomic E-state index is 12.0. The number of nitrogens with one attached hydrogen (secondary N) is 1. The van der Waals surface area contributed by atoms with Crippen molar-refractivity contribution in [2.75, 3.05) is 19.6 Å². The molecule has 6 nitrogen and oxygen atoms in total. The second-order valence-electron chi connectivity index (χ2n) is 5.98. The van der Waals surface area contributed by atoms with Gasteiger partial charge in [0.15, 0.2) is 0 Å². The lowest BCUT2D eigenvalue weighted by molar-refractivity contribution is -0.122. The minimum absolute atomic E-state index is 0.0861. The molecule has 1 aromatic carbocycles. The normalized spacial score (nSPS) is 17.8. The maximum Gasteiger partial charge on any atom is 0.371 e. The molecule has 1 aromatic heterocycles. The Bertz CT molecular complexity index is 711. The first-order valence-corrected chi connectivity index (χ1v) is 7.98. The SMILES string of the molecule is O=C(CN1CC[C@@H](c2ccccc2)C1)NCc1ccc(C(=O)O)o1. The van der Waals surface area contributed by atoms with Crippen LogP contribution in [0.25, 0.3) is 0 Å². The first-order valence-electron chi connectivity index (χ1n) is 7.98. The number of carboxylic acids is 1. The fraction of sp³-hybridized carbons (Fsp3) is 0.333. The van der Waals surface area contributed by atoms with Gasteiger partial charge in [-0.3, -0.25) is 9.69 Å². The first kappa shape index (κ1) is 16.3. The van der Waals surface area contributed by atoms with Crippen LogP contribution in [0.15, 0.2) is 46.9 Å². The molecule has 0 spiro atoms. The maximum atomic E-state index is 12.0. The Morgan fingerprint density at radius 1 is 1.21 bits per heavy atom. The number of furan rings is 1. The number of hydrogen-bond acceptors (Lipinski definition) is 4. The summed E-state index contributed by atoms with van der Waals surface area (Å²) in [6, 6.07) is 13.3. The summed E-state index contributed by atoms with van der Waals surface area (Å²) in [4.78, 5) is 24.9. The zero-order valence-electron chi connectivity index (χ0n) is 13.3. The lowest BCUT2D eigenvalue weighted by Gasteiger charge is -2.15. The van der Waals surface area contributed by atoms with Crippen molar-refractivity contribution in [2.45, 2.75) is 18.9 Å². The van der Waals surface area contributed by atoms with E-state index in [9.17, 15) is 9.59 Å². The van der Waals surface area contributed by atoms with Crippen LogP contribution in [0.4, 0.5) is 0 Å². The summed E-state index contributed by atoms with van der Waals surface area (Å²) in [6.45, 7) is 2.32. The average Bonchev–Trinajstić information content (AvgIpc) is 3.23. The van der Waals surface area contributed by atoms with E-state index in [1.54, 1.807) is 6.07 Å².